The molecule has 1 N–H and O–H groups in total. The van der Waals surface area contributed by atoms with E-state index in [4.69, 9.17) is 11.6 Å². The van der Waals surface area contributed by atoms with Gasteiger partial charge in [-0.1, -0.05) is 41.9 Å². The van der Waals surface area contributed by atoms with E-state index in [9.17, 15) is 9.59 Å². The van der Waals surface area contributed by atoms with Crippen molar-refractivity contribution < 1.29 is 4.79 Å². The smallest absolute Gasteiger partial charge is 0.267 e. The lowest BCUT2D eigenvalue weighted by Crippen LogP contribution is -2.33. The van der Waals surface area contributed by atoms with Crippen molar-refractivity contribution in [2.24, 2.45) is 0 Å². The van der Waals surface area contributed by atoms with Gasteiger partial charge in [0.05, 0.1) is 5.69 Å². The highest BCUT2D eigenvalue weighted by Gasteiger charge is 2.18. The molecule has 0 saturated carbocycles. The number of rotatable bonds is 4. The van der Waals surface area contributed by atoms with Crippen LogP contribution in [-0.2, 0) is 4.79 Å². The van der Waals surface area contributed by atoms with E-state index in [2.05, 4.69) is 10.4 Å². The Balaban J connectivity index is 1.86. The lowest BCUT2D eigenvalue weighted by Gasteiger charge is -2.15. The van der Waals surface area contributed by atoms with Crippen LogP contribution in [0.5, 0.6) is 0 Å². The van der Waals surface area contributed by atoms with Crippen molar-refractivity contribution in [2.45, 2.75) is 13.0 Å². The van der Waals surface area contributed by atoms with Gasteiger partial charge < -0.3 is 5.32 Å². The summed E-state index contributed by atoms with van der Waals surface area (Å²) in [6, 6.07) is 18.6. The first-order chi connectivity index (χ1) is 12.0. The first-order valence-corrected chi connectivity index (χ1v) is 8.14. The van der Waals surface area contributed by atoms with Crippen LogP contribution in [0.1, 0.15) is 13.0 Å². The molecule has 0 aliphatic heterocycles. The number of benzene rings is 2. The summed E-state index contributed by atoms with van der Waals surface area (Å²) in [7, 11) is 0. The number of carbonyl (C=O) groups is 1. The molecule has 1 aromatic heterocycles. The number of amides is 1. The van der Waals surface area contributed by atoms with Crippen molar-refractivity contribution in [1.29, 1.82) is 0 Å². The quantitative estimate of drug-likeness (QED) is 0.776. The molecule has 0 saturated heterocycles. The summed E-state index contributed by atoms with van der Waals surface area (Å²) in [6.45, 7) is 1.63. The highest BCUT2D eigenvalue weighted by molar-refractivity contribution is 6.30. The molecule has 0 aliphatic rings. The summed E-state index contributed by atoms with van der Waals surface area (Å²) in [4.78, 5) is 24.6. The maximum absolute atomic E-state index is 12.5. The van der Waals surface area contributed by atoms with Gasteiger partial charge in [0, 0.05) is 22.3 Å². The summed E-state index contributed by atoms with van der Waals surface area (Å²) in [5.74, 6) is -0.331. The zero-order valence-electron chi connectivity index (χ0n) is 13.5. The molecule has 0 fully saturated rings. The van der Waals surface area contributed by atoms with E-state index in [1.807, 2.05) is 30.3 Å². The second kappa shape index (κ2) is 7.32. The Morgan fingerprint density at radius 2 is 1.72 bits per heavy atom. The van der Waals surface area contributed by atoms with Crippen molar-refractivity contribution >= 4 is 23.2 Å². The number of carbonyl (C=O) groups excluding carboxylic acids is 1. The fourth-order valence-corrected chi connectivity index (χ4v) is 2.48. The van der Waals surface area contributed by atoms with Crippen LogP contribution < -0.4 is 10.9 Å². The highest BCUT2D eigenvalue weighted by Crippen LogP contribution is 2.17. The maximum atomic E-state index is 12.5. The van der Waals surface area contributed by atoms with Gasteiger partial charge in [0.15, 0.2) is 0 Å². The molecule has 3 rings (SSSR count). The van der Waals surface area contributed by atoms with Gasteiger partial charge in [0.25, 0.3) is 5.56 Å². The summed E-state index contributed by atoms with van der Waals surface area (Å²) < 4.78 is 1.19. The Hall–Kier alpha value is -2.92. The standard InChI is InChI=1S/C19H16ClN3O2/c1-13(19(25)21-16-9-7-15(20)8-10-16)23-18(24)12-11-17(22-23)14-5-3-2-4-6-14/h2-13H,1H3,(H,21,25)/t13-/m1/s1. The van der Waals surface area contributed by atoms with Gasteiger partial charge >= 0.3 is 0 Å². The van der Waals surface area contributed by atoms with Crippen molar-refractivity contribution in [1.82, 2.24) is 9.78 Å². The Morgan fingerprint density at radius 3 is 2.40 bits per heavy atom. The van der Waals surface area contributed by atoms with Crippen molar-refractivity contribution in [3.63, 3.8) is 0 Å². The van der Waals surface area contributed by atoms with Crippen LogP contribution in [0.2, 0.25) is 5.02 Å². The van der Waals surface area contributed by atoms with Crippen LogP contribution >= 0.6 is 11.6 Å². The number of anilines is 1. The second-order valence-electron chi connectivity index (χ2n) is 5.54. The van der Waals surface area contributed by atoms with E-state index in [-0.39, 0.29) is 11.5 Å². The lowest BCUT2D eigenvalue weighted by molar-refractivity contribution is -0.119. The van der Waals surface area contributed by atoms with Gasteiger partial charge in [-0.15, -0.1) is 0 Å². The van der Waals surface area contributed by atoms with E-state index in [0.717, 1.165) is 5.56 Å². The molecular formula is C19H16ClN3O2. The molecule has 1 atom stereocenters. The molecule has 3 aromatic rings. The lowest BCUT2D eigenvalue weighted by atomic mass is 10.1. The summed E-state index contributed by atoms with van der Waals surface area (Å²) in [6.07, 6.45) is 0. The number of nitrogens with zero attached hydrogens (tertiary/aromatic N) is 2. The van der Waals surface area contributed by atoms with Crippen LogP contribution in [0, 0.1) is 0 Å². The fourth-order valence-electron chi connectivity index (χ4n) is 2.36. The van der Waals surface area contributed by atoms with Gasteiger partial charge in [0.1, 0.15) is 6.04 Å². The third kappa shape index (κ3) is 3.95. The van der Waals surface area contributed by atoms with Gasteiger partial charge in [-0.05, 0) is 37.3 Å². The Bertz CT molecular complexity index is 937. The third-order valence-electron chi connectivity index (χ3n) is 3.75. The molecule has 0 spiro atoms. The Labute approximate surface area is 149 Å². The van der Waals surface area contributed by atoms with E-state index >= 15 is 0 Å². The first-order valence-electron chi connectivity index (χ1n) is 7.76. The van der Waals surface area contributed by atoms with Crippen LogP contribution in [0.3, 0.4) is 0 Å². The van der Waals surface area contributed by atoms with Crippen LogP contribution in [-0.4, -0.2) is 15.7 Å². The molecular weight excluding hydrogens is 338 g/mol. The molecule has 0 radical (unpaired) electrons. The molecule has 5 nitrogen and oxygen atoms in total. The molecule has 2 aromatic carbocycles. The van der Waals surface area contributed by atoms with E-state index < -0.39 is 6.04 Å². The molecule has 0 bridgehead atoms. The number of hydrogen-bond acceptors (Lipinski definition) is 3. The average molecular weight is 354 g/mol. The van der Waals surface area contributed by atoms with E-state index in [1.165, 1.54) is 10.7 Å². The first kappa shape index (κ1) is 16.9. The number of nitrogens with one attached hydrogen (secondary N) is 1. The fraction of sp³-hybridized carbons (Fsp3) is 0.105. The molecule has 0 unspecified atom stereocenters. The van der Waals surface area contributed by atoms with Gasteiger partial charge in [-0.25, -0.2) is 4.68 Å². The van der Waals surface area contributed by atoms with Crippen molar-refractivity contribution in [3.05, 3.63) is 82.1 Å². The average Bonchev–Trinajstić information content (AvgIpc) is 2.64. The molecule has 1 amide bonds. The topological polar surface area (TPSA) is 64.0 Å². The number of hydrogen-bond donors (Lipinski definition) is 1. The molecule has 6 heteroatoms. The van der Waals surface area contributed by atoms with Crippen LogP contribution in [0.25, 0.3) is 11.3 Å². The SMILES string of the molecule is C[C@H](C(=O)Nc1ccc(Cl)cc1)n1nc(-c2ccccc2)ccc1=O. The minimum Gasteiger partial charge on any atom is -0.324 e. The largest absolute Gasteiger partial charge is 0.324 e. The Morgan fingerprint density at radius 1 is 1.04 bits per heavy atom. The maximum Gasteiger partial charge on any atom is 0.267 e. The van der Waals surface area contributed by atoms with Crippen LogP contribution in [0.15, 0.2) is 71.5 Å². The minimum atomic E-state index is -0.758. The highest BCUT2D eigenvalue weighted by atomic mass is 35.5. The van der Waals surface area contributed by atoms with Crippen molar-refractivity contribution in [3.8, 4) is 11.3 Å². The van der Waals surface area contributed by atoms with E-state index in [1.54, 1.807) is 37.3 Å². The summed E-state index contributed by atoms with van der Waals surface area (Å²) in [5.41, 5.74) is 1.78. The summed E-state index contributed by atoms with van der Waals surface area (Å²) in [5, 5.41) is 7.68. The zero-order chi connectivity index (χ0) is 17.8. The third-order valence-corrected chi connectivity index (χ3v) is 4.00. The second-order valence-corrected chi connectivity index (χ2v) is 5.98. The van der Waals surface area contributed by atoms with Crippen LogP contribution in [0.4, 0.5) is 5.69 Å². The monoisotopic (exact) mass is 353 g/mol. The summed E-state index contributed by atoms with van der Waals surface area (Å²) >= 11 is 5.83. The zero-order valence-corrected chi connectivity index (χ0v) is 14.3. The number of halogens is 1. The predicted molar refractivity (Wildman–Crippen MR) is 98.7 cm³/mol. The van der Waals surface area contributed by atoms with Crippen molar-refractivity contribution in [2.75, 3.05) is 5.32 Å². The van der Waals surface area contributed by atoms with E-state index in [0.29, 0.717) is 16.4 Å². The molecule has 126 valence electrons. The number of aromatic nitrogens is 2. The normalized spacial score (nSPS) is 11.8. The molecule has 0 aliphatic carbocycles. The predicted octanol–water partition coefficient (Wildman–Crippen LogP) is 3.76. The van der Waals surface area contributed by atoms with Gasteiger partial charge in [0.2, 0.25) is 5.91 Å². The van der Waals surface area contributed by atoms with Gasteiger partial charge in [-0.3, -0.25) is 9.59 Å². The molecule has 25 heavy (non-hydrogen) atoms. The minimum absolute atomic E-state index is 0.331. The Kier molecular flexibility index (Phi) is 4.95. The van der Waals surface area contributed by atoms with Gasteiger partial charge in [-0.2, -0.15) is 5.10 Å². The molecule has 1 heterocycles.